The van der Waals surface area contributed by atoms with Crippen LogP contribution in [0, 0.1) is 16.7 Å². The Labute approximate surface area is 172 Å². The highest BCUT2D eigenvalue weighted by molar-refractivity contribution is 6.04. The molecule has 1 saturated heterocycles. The smallest absolute Gasteiger partial charge is 0.251 e. The number of carbonyl (C=O) groups is 1. The predicted molar refractivity (Wildman–Crippen MR) is 110 cm³/mol. The largest absolute Gasteiger partial charge is 0.504 e. The summed E-state index contributed by atoms with van der Waals surface area (Å²) in [5.41, 5.74) is -0.0305. The Hall–Kier alpha value is -1.85. The Morgan fingerprint density at radius 1 is 1.17 bits per heavy atom. The number of rotatable bonds is 0. The standard InChI is InChI=1S/C24H32O5/c1-15-7-10-21(3,4)8-6-9-22(5)17(11-18(15)25)12-23-16(2)14-28-24(23,29-22)13-19(26)20(23)27/h6-8,13-14,17-18,25-26H,9-12H2,1-5H3/t17-,18+,22+,23+,24+/m1/s1. The highest BCUT2D eigenvalue weighted by atomic mass is 16.7. The van der Waals surface area contributed by atoms with Crippen molar-refractivity contribution >= 4 is 5.78 Å². The van der Waals surface area contributed by atoms with Gasteiger partial charge in [0.15, 0.2) is 5.76 Å². The molecule has 4 aliphatic rings. The van der Waals surface area contributed by atoms with E-state index in [2.05, 4.69) is 32.1 Å². The number of carbonyl (C=O) groups excluding carboxylic acids is 1. The maximum atomic E-state index is 13.1. The van der Waals surface area contributed by atoms with Crippen LogP contribution in [0.4, 0.5) is 0 Å². The summed E-state index contributed by atoms with van der Waals surface area (Å²) in [5, 5.41) is 21.3. The van der Waals surface area contributed by atoms with Crippen molar-refractivity contribution in [2.45, 2.75) is 77.8 Å². The van der Waals surface area contributed by atoms with Gasteiger partial charge in [0.25, 0.3) is 5.79 Å². The van der Waals surface area contributed by atoms with Crippen LogP contribution in [0.25, 0.3) is 0 Å². The average molecular weight is 401 g/mol. The van der Waals surface area contributed by atoms with Gasteiger partial charge in [-0.25, -0.2) is 0 Å². The molecule has 0 aromatic rings. The summed E-state index contributed by atoms with van der Waals surface area (Å²) in [6.45, 7) is 10.2. The van der Waals surface area contributed by atoms with Crippen molar-refractivity contribution in [2.24, 2.45) is 16.7 Å². The van der Waals surface area contributed by atoms with Gasteiger partial charge in [-0.15, -0.1) is 0 Å². The number of fused-ring (bicyclic) bond motifs is 1. The van der Waals surface area contributed by atoms with Gasteiger partial charge in [-0.05, 0) is 68.9 Å². The second kappa shape index (κ2) is 6.32. The van der Waals surface area contributed by atoms with Crippen molar-refractivity contribution in [1.82, 2.24) is 0 Å². The fraction of sp³-hybridized carbons (Fsp3) is 0.625. The van der Waals surface area contributed by atoms with Crippen molar-refractivity contribution in [3.05, 3.63) is 47.5 Å². The fourth-order valence-corrected chi connectivity index (χ4v) is 5.40. The Morgan fingerprint density at radius 3 is 2.62 bits per heavy atom. The number of aliphatic hydroxyl groups excluding tert-OH is 2. The lowest BCUT2D eigenvalue weighted by Gasteiger charge is -2.54. The molecule has 1 fully saturated rings. The van der Waals surface area contributed by atoms with Gasteiger partial charge in [-0.2, -0.15) is 0 Å². The minimum absolute atomic E-state index is 0.0304. The molecule has 4 rings (SSSR count). The summed E-state index contributed by atoms with van der Waals surface area (Å²) in [6.07, 6.45) is 11.3. The highest BCUT2D eigenvalue weighted by Crippen LogP contribution is 2.64. The number of allylic oxidation sites excluding steroid dienone is 3. The van der Waals surface area contributed by atoms with Gasteiger partial charge < -0.3 is 19.7 Å². The molecule has 0 spiro atoms. The summed E-state index contributed by atoms with van der Waals surface area (Å²) >= 11 is 0. The van der Waals surface area contributed by atoms with Crippen LogP contribution in [0.2, 0.25) is 0 Å². The molecule has 0 unspecified atom stereocenters. The molecule has 5 nitrogen and oxygen atoms in total. The molecule has 0 saturated carbocycles. The maximum absolute atomic E-state index is 13.1. The van der Waals surface area contributed by atoms with E-state index >= 15 is 0 Å². The molecule has 5 heteroatoms. The predicted octanol–water partition coefficient (Wildman–Crippen LogP) is 4.50. The average Bonchev–Trinajstić information content (AvgIpc) is 3.01. The Balaban J connectivity index is 1.79. The van der Waals surface area contributed by atoms with E-state index in [1.807, 2.05) is 20.8 Å². The number of aliphatic hydroxyl groups is 2. The third-order valence-electron chi connectivity index (χ3n) is 7.50. The lowest BCUT2D eigenvalue weighted by molar-refractivity contribution is -0.305. The molecule has 0 aromatic carbocycles. The van der Waals surface area contributed by atoms with Gasteiger partial charge in [-0.3, -0.25) is 4.79 Å². The SMILES string of the molecule is CC1=CCC(C)(C)C=CC[C@]2(C)O[C@@]34C=C(O)C(=O)[C@]3(C[C@H]2C[C@@H]1O)C(C)=CO4. The zero-order chi connectivity index (χ0) is 21.2. The van der Waals surface area contributed by atoms with Crippen molar-refractivity contribution in [1.29, 1.82) is 0 Å². The summed E-state index contributed by atoms with van der Waals surface area (Å²) in [5.74, 6) is -2.04. The molecular formula is C24H32O5. The summed E-state index contributed by atoms with van der Waals surface area (Å²) in [7, 11) is 0. The van der Waals surface area contributed by atoms with Gasteiger partial charge in [-0.1, -0.05) is 32.1 Å². The fourth-order valence-electron chi connectivity index (χ4n) is 5.40. The van der Waals surface area contributed by atoms with E-state index in [4.69, 9.17) is 9.47 Å². The Morgan fingerprint density at radius 2 is 1.90 bits per heavy atom. The Kier molecular flexibility index (Phi) is 4.45. The van der Waals surface area contributed by atoms with Crippen molar-refractivity contribution in [2.75, 3.05) is 0 Å². The highest BCUT2D eigenvalue weighted by Gasteiger charge is 2.73. The van der Waals surface area contributed by atoms with E-state index < -0.39 is 22.9 Å². The van der Waals surface area contributed by atoms with E-state index in [9.17, 15) is 15.0 Å². The minimum atomic E-state index is -1.30. The minimum Gasteiger partial charge on any atom is -0.504 e. The topological polar surface area (TPSA) is 76.0 Å². The second-order valence-corrected chi connectivity index (χ2v) is 10.2. The molecule has 2 heterocycles. The van der Waals surface area contributed by atoms with Crippen LogP contribution in [0.15, 0.2) is 47.5 Å². The first-order valence-corrected chi connectivity index (χ1v) is 10.5. The monoisotopic (exact) mass is 400 g/mol. The van der Waals surface area contributed by atoms with Crippen LogP contribution >= 0.6 is 0 Å². The Bertz CT molecular complexity index is 862. The molecule has 29 heavy (non-hydrogen) atoms. The van der Waals surface area contributed by atoms with Crippen LogP contribution in [0.5, 0.6) is 0 Å². The lowest BCUT2D eigenvalue weighted by atomic mass is 9.61. The van der Waals surface area contributed by atoms with Crippen molar-refractivity contribution in [3.8, 4) is 0 Å². The lowest BCUT2D eigenvalue weighted by Crippen LogP contribution is -2.62. The van der Waals surface area contributed by atoms with Crippen LogP contribution < -0.4 is 0 Å². The number of Topliss-reactive ketones (excluding diaryl/α,β-unsaturated/α-hetero) is 1. The van der Waals surface area contributed by atoms with Gasteiger partial charge >= 0.3 is 0 Å². The van der Waals surface area contributed by atoms with Gasteiger partial charge in [0.1, 0.15) is 5.41 Å². The third-order valence-corrected chi connectivity index (χ3v) is 7.50. The molecule has 0 amide bonds. The van der Waals surface area contributed by atoms with E-state index in [1.165, 1.54) is 6.08 Å². The summed E-state index contributed by atoms with van der Waals surface area (Å²) in [6, 6.07) is 0. The van der Waals surface area contributed by atoms with Gasteiger partial charge in [0, 0.05) is 6.08 Å². The quantitative estimate of drug-likeness (QED) is 0.586. The number of ether oxygens (including phenoxy) is 2. The zero-order valence-corrected chi connectivity index (χ0v) is 18.0. The first-order valence-electron chi connectivity index (χ1n) is 10.5. The molecule has 2 aliphatic carbocycles. The van der Waals surface area contributed by atoms with Crippen molar-refractivity contribution < 1.29 is 24.5 Å². The molecule has 0 aromatic heterocycles. The van der Waals surface area contributed by atoms with Gasteiger partial charge in [0.2, 0.25) is 5.78 Å². The van der Waals surface area contributed by atoms with Crippen LogP contribution in [0.1, 0.15) is 60.3 Å². The third kappa shape index (κ3) is 2.85. The molecule has 0 bridgehead atoms. The molecule has 2 aliphatic heterocycles. The molecule has 5 atom stereocenters. The van der Waals surface area contributed by atoms with E-state index in [1.54, 1.807) is 6.26 Å². The van der Waals surface area contributed by atoms with Crippen molar-refractivity contribution in [3.63, 3.8) is 0 Å². The number of hydrogen-bond acceptors (Lipinski definition) is 5. The summed E-state index contributed by atoms with van der Waals surface area (Å²) < 4.78 is 12.6. The first kappa shape index (κ1) is 20.4. The van der Waals surface area contributed by atoms with E-state index in [0.717, 1.165) is 17.6 Å². The molecule has 0 radical (unpaired) electrons. The molecular weight excluding hydrogens is 368 g/mol. The van der Waals surface area contributed by atoms with Gasteiger partial charge in [0.05, 0.1) is 18.0 Å². The normalized spacial score (nSPS) is 43.8. The molecule has 2 N–H and O–H groups in total. The number of hydrogen-bond donors (Lipinski definition) is 2. The maximum Gasteiger partial charge on any atom is 0.251 e. The second-order valence-electron chi connectivity index (χ2n) is 10.2. The number of ketones is 1. The van der Waals surface area contributed by atoms with E-state index in [-0.39, 0.29) is 22.9 Å². The zero-order valence-electron chi connectivity index (χ0n) is 18.0. The summed E-state index contributed by atoms with van der Waals surface area (Å²) in [4.78, 5) is 13.1. The van der Waals surface area contributed by atoms with Crippen LogP contribution in [-0.2, 0) is 14.3 Å². The van der Waals surface area contributed by atoms with Crippen LogP contribution in [0.3, 0.4) is 0 Å². The first-order chi connectivity index (χ1) is 13.4. The van der Waals surface area contributed by atoms with E-state index in [0.29, 0.717) is 19.3 Å². The van der Waals surface area contributed by atoms with Crippen LogP contribution in [-0.4, -0.2) is 33.5 Å². The molecule has 158 valence electrons.